The molecule has 0 amide bonds. The van der Waals surface area contributed by atoms with Crippen LogP contribution in [0.2, 0.25) is 0 Å². The molecule has 2 aromatic carbocycles. The number of nitrogens with zero attached hydrogens (tertiary/aromatic N) is 3. The van der Waals surface area contributed by atoms with Gasteiger partial charge in [-0.15, -0.1) is 0 Å². The Kier molecular flexibility index (Phi) is 5.63. The van der Waals surface area contributed by atoms with E-state index in [1.165, 1.54) is 8.61 Å². The molecule has 1 aromatic heterocycles. The second-order valence-electron chi connectivity index (χ2n) is 9.07. The van der Waals surface area contributed by atoms with Crippen LogP contribution in [-0.2, 0) is 46.1 Å². The minimum absolute atomic E-state index is 0.194. The van der Waals surface area contributed by atoms with Gasteiger partial charge >= 0.3 is 0 Å². The van der Waals surface area contributed by atoms with E-state index >= 15 is 0 Å². The number of aromatic nitrogens is 1. The highest BCUT2D eigenvalue weighted by Crippen LogP contribution is 2.36. The molecule has 9 heteroatoms. The Morgan fingerprint density at radius 2 is 1.12 bits per heavy atom. The molecule has 2 aliphatic heterocycles. The van der Waals surface area contributed by atoms with Gasteiger partial charge in [-0.25, -0.2) is 16.8 Å². The van der Waals surface area contributed by atoms with E-state index < -0.39 is 20.0 Å². The number of benzene rings is 2. The van der Waals surface area contributed by atoms with Crippen molar-refractivity contribution in [3.05, 3.63) is 87.7 Å². The fourth-order valence-electron chi connectivity index (χ4n) is 4.69. The van der Waals surface area contributed by atoms with Crippen LogP contribution in [-0.4, -0.2) is 37.0 Å². The summed E-state index contributed by atoms with van der Waals surface area (Å²) < 4.78 is 56.2. The largest absolute Gasteiger partial charge is 0.257 e. The summed E-state index contributed by atoms with van der Waals surface area (Å²) in [6.07, 6.45) is 0.499. The number of aryl methyl sites for hydroxylation is 3. The number of sulfonamides is 2. The van der Waals surface area contributed by atoms with E-state index in [0.29, 0.717) is 13.0 Å². The van der Waals surface area contributed by atoms with E-state index in [-0.39, 0.29) is 29.4 Å². The van der Waals surface area contributed by atoms with Crippen molar-refractivity contribution in [1.82, 2.24) is 13.6 Å². The first kappa shape index (κ1) is 23.2. The quantitative estimate of drug-likeness (QED) is 0.551. The third kappa shape index (κ3) is 3.86. The molecular formula is C25H27N3O4S2. The molecule has 2 aliphatic rings. The molecule has 0 N–H and O–H groups in total. The van der Waals surface area contributed by atoms with E-state index in [2.05, 4.69) is 0 Å². The molecule has 0 fully saturated rings. The van der Waals surface area contributed by atoms with Gasteiger partial charge in [0.15, 0.2) is 0 Å². The fourth-order valence-corrected chi connectivity index (χ4v) is 7.48. The van der Waals surface area contributed by atoms with Gasteiger partial charge in [0.05, 0.1) is 9.79 Å². The first-order chi connectivity index (χ1) is 16.1. The Morgan fingerprint density at radius 3 is 1.68 bits per heavy atom. The molecule has 0 bridgehead atoms. The summed E-state index contributed by atoms with van der Waals surface area (Å²) in [7, 11) is -7.35. The average Bonchev–Trinajstić information content (AvgIpc) is 3.27. The van der Waals surface area contributed by atoms with Crippen molar-refractivity contribution in [3.8, 4) is 0 Å². The lowest BCUT2D eigenvalue weighted by atomic mass is 9.97. The first-order valence-electron chi connectivity index (χ1n) is 11.2. The predicted octanol–water partition coefficient (Wildman–Crippen LogP) is 3.46. The maximum atomic E-state index is 13.3. The number of pyridine rings is 1. The number of hydrogen-bond donors (Lipinski definition) is 0. The van der Waals surface area contributed by atoms with Crippen LogP contribution >= 0.6 is 0 Å². The van der Waals surface area contributed by atoms with Crippen molar-refractivity contribution >= 4 is 20.0 Å². The van der Waals surface area contributed by atoms with Crippen molar-refractivity contribution in [2.24, 2.45) is 0 Å². The molecule has 0 saturated heterocycles. The van der Waals surface area contributed by atoms with E-state index in [4.69, 9.17) is 4.98 Å². The highest BCUT2D eigenvalue weighted by molar-refractivity contribution is 7.89. The van der Waals surface area contributed by atoms with Gasteiger partial charge in [0, 0.05) is 44.0 Å². The lowest BCUT2D eigenvalue weighted by Gasteiger charge is -2.29. The van der Waals surface area contributed by atoms with Crippen LogP contribution in [0.25, 0.3) is 0 Å². The standard InChI is InChI=1S/C25H27N3O4S2/c1-17-4-8-20(9-5-17)33(29,30)27-13-12-25-24(16-27)23-15-28(14-22(23)19(3)26-25)34(31,32)21-10-6-18(2)7-11-21/h4-11H,12-16H2,1-3H3. The minimum atomic E-state index is -3.68. The maximum absolute atomic E-state index is 13.3. The van der Waals surface area contributed by atoms with Crippen LogP contribution in [0.4, 0.5) is 0 Å². The Morgan fingerprint density at radius 1 is 0.647 bits per heavy atom. The summed E-state index contributed by atoms with van der Waals surface area (Å²) in [6, 6.07) is 13.7. The van der Waals surface area contributed by atoms with E-state index in [9.17, 15) is 16.8 Å². The summed E-state index contributed by atoms with van der Waals surface area (Å²) in [5.41, 5.74) is 6.27. The molecule has 0 saturated carbocycles. The highest BCUT2D eigenvalue weighted by atomic mass is 32.2. The van der Waals surface area contributed by atoms with Crippen molar-refractivity contribution in [2.45, 2.75) is 56.6 Å². The fraction of sp³-hybridized carbons (Fsp3) is 0.320. The first-order valence-corrected chi connectivity index (χ1v) is 14.1. The van der Waals surface area contributed by atoms with Crippen molar-refractivity contribution < 1.29 is 16.8 Å². The third-order valence-corrected chi connectivity index (χ3v) is 10.4. The van der Waals surface area contributed by atoms with Gasteiger partial charge in [-0.1, -0.05) is 35.4 Å². The summed E-state index contributed by atoms with van der Waals surface area (Å²) in [5, 5.41) is 0. The van der Waals surface area contributed by atoms with Crippen LogP contribution in [0.1, 0.15) is 39.2 Å². The van der Waals surface area contributed by atoms with Crippen LogP contribution in [0.3, 0.4) is 0 Å². The Hall–Kier alpha value is -2.59. The molecule has 0 radical (unpaired) electrons. The van der Waals surface area contributed by atoms with Gasteiger partial charge in [0.1, 0.15) is 0 Å². The zero-order valence-corrected chi connectivity index (χ0v) is 21.1. The van der Waals surface area contributed by atoms with Gasteiger partial charge in [-0.05, 0) is 61.7 Å². The Balaban J connectivity index is 1.49. The molecule has 0 atom stereocenters. The van der Waals surface area contributed by atoms with Gasteiger partial charge in [0.25, 0.3) is 0 Å². The summed E-state index contributed by atoms with van der Waals surface area (Å²) >= 11 is 0. The molecule has 3 heterocycles. The van der Waals surface area contributed by atoms with Gasteiger partial charge in [-0.3, -0.25) is 4.98 Å². The summed E-state index contributed by atoms with van der Waals surface area (Å²) in [6.45, 7) is 6.73. The molecule has 3 aromatic rings. The number of rotatable bonds is 4. The molecule has 0 unspecified atom stereocenters. The van der Waals surface area contributed by atoms with Crippen molar-refractivity contribution in [3.63, 3.8) is 0 Å². The second kappa shape index (κ2) is 8.27. The monoisotopic (exact) mass is 497 g/mol. The van der Waals surface area contributed by atoms with E-state index in [1.807, 2.05) is 20.8 Å². The molecule has 0 spiro atoms. The van der Waals surface area contributed by atoms with Crippen molar-refractivity contribution in [2.75, 3.05) is 6.54 Å². The molecule has 178 valence electrons. The average molecular weight is 498 g/mol. The highest BCUT2D eigenvalue weighted by Gasteiger charge is 2.37. The predicted molar refractivity (Wildman–Crippen MR) is 129 cm³/mol. The van der Waals surface area contributed by atoms with E-state index in [1.54, 1.807) is 48.5 Å². The SMILES string of the molecule is Cc1ccc(S(=O)(=O)N2CCc3nc(C)c4c(c3C2)CN(S(=O)(=O)c2ccc(C)cc2)C4)cc1. The van der Waals surface area contributed by atoms with Gasteiger partial charge in [-0.2, -0.15) is 8.61 Å². The Bertz CT molecular complexity index is 1480. The zero-order valence-electron chi connectivity index (χ0n) is 19.4. The molecule has 0 aliphatic carbocycles. The topological polar surface area (TPSA) is 87.7 Å². The van der Waals surface area contributed by atoms with Gasteiger partial charge < -0.3 is 0 Å². The number of hydrogen-bond acceptors (Lipinski definition) is 5. The third-order valence-electron chi connectivity index (χ3n) is 6.74. The molecule has 34 heavy (non-hydrogen) atoms. The lowest BCUT2D eigenvalue weighted by Crippen LogP contribution is -2.37. The normalized spacial score (nSPS) is 16.9. The van der Waals surface area contributed by atoms with Crippen LogP contribution in [0.15, 0.2) is 58.3 Å². The lowest BCUT2D eigenvalue weighted by molar-refractivity contribution is 0.383. The Labute approximate surface area is 201 Å². The summed E-state index contributed by atoms with van der Waals surface area (Å²) in [5.74, 6) is 0. The molecule has 5 rings (SSSR count). The smallest absolute Gasteiger partial charge is 0.243 e. The molecule has 7 nitrogen and oxygen atoms in total. The summed E-state index contributed by atoms with van der Waals surface area (Å²) in [4.78, 5) is 5.27. The minimum Gasteiger partial charge on any atom is -0.257 e. The second-order valence-corrected chi connectivity index (χ2v) is 12.9. The maximum Gasteiger partial charge on any atom is 0.243 e. The zero-order chi connectivity index (χ0) is 24.3. The molecular weight excluding hydrogens is 470 g/mol. The van der Waals surface area contributed by atoms with Gasteiger partial charge in [0.2, 0.25) is 20.0 Å². The van der Waals surface area contributed by atoms with Crippen molar-refractivity contribution in [1.29, 1.82) is 0 Å². The van der Waals surface area contributed by atoms with Crippen LogP contribution in [0, 0.1) is 20.8 Å². The van der Waals surface area contributed by atoms with E-state index in [0.717, 1.165) is 39.2 Å². The number of fused-ring (bicyclic) bond motifs is 3. The van der Waals surface area contributed by atoms with Crippen LogP contribution < -0.4 is 0 Å². The van der Waals surface area contributed by atoms with Crippen LogP contribution in [0.5, 0.6) is 0 Å².